The van der Waals surface area contributed by atoms with Crippen LogP contribution in [0, 0.1) is 13.8 Å². The number of nitrogens with one attached hydrogen (secondary N) is 2. The normalized spacial score (nSPS) is 15.2. The zero-order valence-electron chi connectivity index (χ0n) is 17.4. The van der Waals surface area contributed by atoms with Crippen molar-refractivity contribution in [2.24, 2.45) is 0 Å². The molecule has 8 nitrogen and oxygen atoms in total. The number of anilines is 2. The van der Waals surface area contributed by atoms with Crippen LogP contribution in [0.1, 0.15) is 27.9 Å². The van der Waals surface area contributed by atoms with E-state index in [1.54, 1.807) is 0 Å². The van der Waals surface area contributed by atoms with Gasteiger partial charge in [-0.3, -0.25) is 9.35 Å². The van der Waals surface area contributed by atoms with Gasteiger partial charge in [0.2, 0.25) is 11.3 Å². The Morgan fingerprint density at radius 3 is 2.47 bits per heavy atom. The van der Waals surface area contributed by atoms with Crippen LogP contribution in [-0.4, -0.2) is 63.8 Å². The molecule has 1 saturated heterocycles. The van der Waals surface area contributed by atoms with Gasteiger partial charge in [-0.25, -0.2) is 13.9 Å². The molecule has 1 aliphatic heterocycles. The zero-order valence-corrected chi connectivity index (χ0v) is 18.2. The highest BCUT2D eigenvalue weighted by Crippen LogP contribution is 2.20. The highest BCUT2D eigenvalue weighted by atomic mass is 32.2. The average Bonchev–Trinajstić information content (AvgIpc) is 2.73. The Hall–Kier alpha value is -2.49. The Kier molecular flexibility index (Phi) is 7.78. The van der Waals surface area contributed by atoms with E-state index in [0.717, 1.165) is 30.2 Å². The minimum atomic E-state index is -1.97. The molecule has 3 N–H and O–H groups in total. The molecule has 0 radical (unpaired) electrons. The number of aromatic nitrogens is 1. The van der Waals surface area contributed by atoms with Crippen LogP contribution in [0.2, 0.25) is 0 Å². The van der Waals surface area contributed by atoms with Crippen molar-refractivity contribution in [3.8, 4) is 0 Å². The molecule has 1 aromatic carbocycles. The van der Waals surface area contributed by atoms with Crippen molar-refractivity contribution in [3.05, 3.63) is 53.2 Å². The number of hydrogen-bond donors (Lipinski definition) is 3. The Bertz CT molecular complexity index is 883. The molecule has 9 heteroatoms. The van der Waals surface area contributed by atoms with Gasteiger partial charge in [0.05, 0.1) is 0 Å². The van der Waals surface area contributed by atoms with E-state index in [-0.39, 0.29) is 5.91 Å². The van der Waals surface area contributed by atoms with Crippen LogP contribution in [0.3, 0.4) is 0 Å². The van der Waals surface area contributed by atoms with Crippen molar-refractivity contribution in [1.29, 1.82) is 0 Å². The fraction of sp³-hybridized carbons (Fsp3) is 0.429. The summed E-state index contributed by atoms with van der Waals surface area (Å²) in [7, 11) is 0. The number of piperazine rings is 1. The molecular weight excluding hydrogens is 402 g/mol. The van der Waals surface area contributed by atoms with Crippen molar-refractivity contribution < 1.29 is 13.6 Å². The van der Waals surface area contributed by atoms with Crippen LogP contribution in [0.5, 0.6) is 0 Å². The summed E-state index contributed by atoms with van der Waals surface area (Å²) in [4.78, 5) is 21.5. The Morgan fingerprint density at radius 2 is 1.83 bits per heavy atom. The molecule has 3 rings (SSSR count). The minimum absolute atomic E-state index is 0.0458. The quantitative estimate of drug-likeness (QED) is 0.438. The smallest absolute Gasteiger partial charge is 0.253 e. The van der Waals surface area contributed by atoms with Gasteiger partial charge < -0.3 is 15.1 Å². The number of benzene rings is 1. The van der Waals surface area contributed by atoms with Crippen LogP contribution in [0.15, 0.2) is 36.5 Å². The van der Waals surface area contributed by atoms with E-state index in [1.165, 1.54) is 5.56 Å². The van der Waals surface area contributed by atoms with Crippen molar-refractivity contribution in [2.45, 2.75) is 20.3 Å². The van der Waals surface area contributed by atoms with Gasteiger partial charge in [0, 0.05) is 56.7 Å². The van der Waals surface area contributed by atoms with Gasteiger partial charge >= 0.3 is 0 Å². The maximum atomic E-state index is 12.8. The van der Waals surface area contributed by atoms with Gasteiger partial charge in [-0.05, 0) is 55.7 Å². The lowest BCUT2D eigenvalue weighted by molar-refractivity contribution is 0.0746. The lowest BCUT2D eigenvalue weighted by atomic mass is 10.1. The van der Waals surface area contributed by atoms with Gasteiger partial charge in [0.25, 0.3) is 5.91 Å². The monoisotopic (exact) mass is 431 g/mol. The van der Waals surface area contributed by atoms with Crippen molar-refractivity contribution in [1.82, 2.24) is 14.6 Å². The molecule has 0 bridgehead atoms. The summed E-state index contributed by atoms with van der Waals surface area (Å²) >= 11 is -1.97. The lowest BCUT2D eigenvalue weighted by Crippen LogP contribution is -2.49. The average molecular weight is 432 g/mol. The molecule has 0 spiro atoms. The molecule has 30 heavy (non-hydrogen) atoms. The second-order valence-corrected chi connectivity index (χ2v) is 8.22. The first kappa shape index (κ1) is 22.2. The van der Waals surface area contributed by atoms with Gasteiger partial charge in [0.15, 0.2) is 0 Å². The number of carbonyl (C=O) groups excluding carboxylic acids is 1. The minimum Gasteiger partial charge on any atom is -0.385 e. The van der Waals surface area contributed by atoms with Crippen LogP contribution < -0.4 is 14.9 Å². The molecule has 2 heterocycles. The van der Waals surface area contributed by atoms with Crippen molar-refractivity contribution in [2.75, 3.05) is 49.5 Å². The second kappa shape index (κ2) is 10.5. The van der Waals surface area contributed by atoms with Gasteiger partial charge in [-0.2, -0.15) is 0 Å². The summed E-state index contributed by atoms with van der Waals surface area (Å²) in [5.41, 5.74) is 3.91. The van der Waals surface area contributed by atoms with E-state index < -0.39 is 11.3 Å². The number of amides is 1. The molecule has 1 fully saturated rings. The summed E-state index contributed by atoms with van der Waals surface area (Å²) in [5, 5.41) is 3.24. The van der Waals surface area contributed by atoms with Crippen molar-refractivity contribution in [3.63, 3.8) is 0 Å². The first-order valence-corrected chi connectivity index (χ1v) is 11.2. The predicted octanol–water partition coefficient (Wildman–Crippen LogP) is 2.19. The van der Waals surface area contributed by atoms with E-state index in [0.29, 0.717) is 38.2 Å². The van der Waals surface area contributed by atoms with E-state index in [9.17, 15) is 9.00 Å². The number of nitrogens with zero attached hydrogens (tertiary/aromatic N) is 3. The first-order valence-electron chi connectivity index (χ1n) is 10.1. The van der Waals surface area contributed by atoms with E-state index in [4.69, 9.17) is 4.55 Å². The van der Waals surface area contributed by atoms with E-state index in [2.05, 4.69) is 32.9 Å². The Morgan fingerprint density at radius 1 is 1.13 bits per heavy atom. The molecule has 1 amide bonds. The molecule has 1 unspecified atom stereocenters. The third-order valence-electron chi connectivity index (χ3n) is 5.09. The Balaban J connectivity index is 1.48. The summed E-state index contributed by atoms with van der Waals surface area (Å²) in [6, 6.07) is 9.59. The second-order valence-electron chi connectivity index (χ2n) is 7.43. The maximum Gasteiger partial charge on any atom is 0.253 e. The first-order chi connectivity index (χ1) is 14.4. The predicted molar refractivity (Wildman–Crippen MR) is 120 cm³/mol. The zero-order chi connectivity index (χ0) is 21.5. The third-order valence-corrected chi connectivity index (χ3v) is 5.54. The standard InChI is InChI=1S/C21H29N5O3S/c1-16-14-17(2)20(23-15-16)25-10-12-26(13-11-25)21(27)18-4-6-19(7-5-18)22-8-3-9-24-30(28)29/h4-7,14-15,22,24H,3,8-13H2,1-2H3,(H,28,29). The van der Waals surface area contributed by atoms with Crippen LogP contribution >= 0.6 is 0 Å². The SMILES string of the molecule is Cc1cnc(N2CCN(C(=O)c3ccc(NCCCNS(=O)O)cc3)CC2)c(C)c1. The van der Waals surface area contributed by atoms with E-state index in [1.807, 2.05) is 42.3 Å². The number of carbonyl (C=O) groups is 1. The van der Waals surface area contributed by atoms with Gasteiger partial charge in [-0.15, -0.1) is 0 Å². The molecule has 1 aliphatic rings. The maximum absolute atomic E-state index is 12.8. The van der Waals surface area contributed by atoms with Gasteiger partial charge in [-0.1, -0.05) is 6.07 Å². The van der Waals surface area contributed by atoms with Crippen LogP contribution in [0.4, 0.5) is 11.5 Å². The Labute approximate surface area is 180 Å². The molecule has 1 aromatic heterocycles. The molecule has 1 atom stereocenters. The molecule has 162 valence electrons. The molecule has 0 aliphatic carbocycles. The summed E-state index contributed by atoms with van der Waals surface area (Å²) in [5.74, 6) is 1.05. The van der Waals surface area contributed by atoms with Crippen LogP contribution in [-0.2, 0) is 11.3 Å². The number of rotatable bonds is 8. The van der Waals surface area contributed by atoms with E-state index >= 15 is 0 Å². The highest BCUT2D eigenvalue weighted by molar-refractivity contribution is 7.77. The number of hydrogen-bond acceptors (Lipinski definition) is 5. The summed E-state index contributed by atoms with van der Waals surface area (Å²) < 4.78 is 21.6. The fourth-order valence-electron chi connectivity index (χ4n) is 3.55. The van der Waals surface area contributed by atoms with Gasteiger partial charge in [0.1, 0.15) is 5.82 Å². The topological polar surface area (TPSA) is 97.8 Å². The molecule has 0 saturated carbocycles. The fourth-order valence-corrected chi connectivity index (χ4v) is 3.87. The summed E-state index contributed by atoms with van der Waals surface area (Å²) in [6.07, 6.45) is 2.60. The molecular formula is C21H29N5O3S. The molecule has 2 aromatic rings. The number of aryl methyl sites for hydroxylation is 2. The van der Waals surface area contributed by atoms with Crippen molar-refractivity contribution >= 4 is 28.7 Å². The largest absolute Gasteiger partial charge is 0.385 e. The summed E-state index contributed by atoms with van der Waals surface area (Å²) in [6.45, 7) is 8.14. The highest BCUT2D eigenvalue weighted by Gasteiger charge is 2.23. The lowest BCUT2D eigenvalue weighted by Gasteiger charge is -2.36. The van der Waals surface area contributed by atoms with Crippen LogP contribution in [0.25, 0.3) is 0 Å². The number of pyridine rings is 1. The third kappa shape index (κ3) is 6.01.